The Kier molecular flexibility index (Phi) is 10.3. The van der Waals surface area contributed by atoms with Crippen LogP contribution in [0.15, 0.2) is 30.3 Å². The zero-order valence-corrected chi connectivity index (χ0v) is 12.6. The molecule has 1 rings (SSSR count). The van der Waals surface area contributed by atoms with Gasteiger partial charge in [-0.15, -0.1) is 0 Å². The van der Waals surface area contributed by atoms with Crippen LogP contribution in [0.1, 0.15) is 25.3 Å². The van der Waals surface area contributed by atoms with Crippen molar-refractivity contribution in [2.45, 2.75) is 38.3 Å². The molecule has 2 atom stereocenters. The predicted molar refractivity (Wildman–Crippen MR) is 84.4 cm³/mol. The van der Waals surface area contributed by atoms with Crippen molar-refractivity contribution in [1.29, 1.82) is 0 Å². The van der Waals surface area contributed by atoms with Crippen molar-refractivity contribution < 1.29 is 9.88 Å². The Bertz CT molecular complexity index is 438. The molecule has 0 bridgehead atoms. The van der Waals surface area contributed by atoms with Gasteiger partial charge in [0.15, 0.2) is 0 Å². The second-order valence-corrected chi connectivity index (χ2v) is 4.86. The smallest absolute Gasteiger partial charge is 0.237 e. The van der Waals surface area contributed by atoms with E-state index >= 15 is 0 Å². The summed E-state index contributed by atoms with van der Waals surface area (Å²) in [5.41, 5.74) is 12.4. The van der Waals surface area contributed by atoms with E-state index in [9.17, 15) is 4.79 Å². The summed E-state index contributed by atoms with van der Waals surface area (Å²) in [7, 11) is 0. The maximum absolute atomic E-state index is 11.8. The lowest BCUT2D eigenvalue weighted by atomic mass is 10.1. The van der Waals surface area contributed by atoms with Gasteiger partial charge < -0.3 is 32.1 Å². The summed E-state index contributed by atoms with van der Waals surface area (Å²) in [5, 5.41) is 17.7. The fourth-order valence-electron chi connectivity index (χ4n) is 1.84. The van der Waals surface area contributed by atoms with Crippen LogP contribution < -0.4 is 16.8 Å². The highest BCUT2D eigenvalue weighted by atomic mass is 16.9. The van der Waals surface area contributed by atoms with Crippen molar-refractivity contribution in [3.8, 4) is 0 Å². The summed E-state index contributed by atoms with van der Waals surface area (Å²) in [5.74, 6) is -0.0909. The quantitative estimate of drug-likeness (QED) is 0.495. The lowest BCUT2D eigenvalue weighted by molar-refractivity contribution is -0.402. The largest absolute Gasteiger partial charge is 0.356 e. The number of carbonyl (C=O) groups is 1. The molecule has 0 aliphatic heterocycles. The van der Waals surface area contributed by atoms with E-state index < -0.39 is 11.1 Å². The van der Waals surface area contributed by atoms with Crippen LogP contribution in [0.5, 0.6) is 0 Å². The first kappa shape index (κ1) is 19.8. The Labute approximate surface area is 129 Å². The topological polar surface area (TPSA) is 147 Å². The van der Waals surface area contributed by atoms with E-state index in [0.29, 0.717) is 13.0 Å². The zero-order chi connectivity index (χ0) is 17.0. The third-order valence-electron chi connectivity index (χ3n) is 2.83. The molecule has 0 aromatic heterocycles. The number of benzene rings is 1. The van der Waals surface area contributed by atoms with E-state index in [2.05, 4.69) is 17.4 Å². The van der Waals surface area contributed by atoms with Gasteiger partial charge in [0.2, 0.25) is 5.91 Å². The van der Waals surface area contributed by atoms with E-state index in [1.807, 2.05) is 25.1 Å². The van der Waals surface area contributed by atoms with Crippen LogP contribution in [-0.2, 0) is 11.2 Å². The summed E-state index contributed by atoms with van der Waals surface area (Å²) >= 11 is 0. The number of hydrogen-bond acceptors (Lipinski definition) is 6. The Hall–Kier alpha value is -2.19. The number of amides is 1. The normalized spacial score (nSPS) is 12.5. The molecule has 0 saturated carbocycles. The summed E-state index contributed by atoms with van der Waals surface area (Å²) < 4.78 is 0. The van der Waals surface area contributed by atoms with Gasteiger partial charge in [-0.25, -0.2) is 0 Å². The minimum atomic E-state index is -1.75. The third-order valence-corrected chi connectivity index (χ3v) is 2.83. The van der Waals surface area contributed by atoms with Gasteiger partial charge in [-0.05, 0) is 38.3 Å². The van der Waals surface area contributed by atoms with Crippen LogP contribution in [0.4, 0.5) is 0 Å². The average Bonchev–Trinajstić information content (AvgIpc) is 2.45. The summed E-state index contributed by atoms with van der Waals surface area (Å²) in [6.07, 6.45) is 2.23. The van der Waals surface area contributed by atoms with E-state index in [1.165, 1.54) is 5.56 Å². The molecule has 0 fully saturated rings. The number of nitrogens with zero attached hydrogens (tertiary/aromatic N) is 1. The van der Waals surface area contributed by atoms with E-state index in [1.54, 1.807) is 0 Å². The Balaban J connectivity index is 0.000000980. The van der Waals surface area contributed by atoms with E-state index in [4.69, 9.17) is 26.8 Å². The van der Waals surface area contributed by atoms with Gasteiger partial charge >= 0.3 is 0 Å². The molecular weight excluding hydrogens is 288 g/mol. The minimum Gasteiger partial charge on any atom is -0.356 e. The van der Waals surface area contributed by atoms with Gasteiger partial charge in [0.25, 0.3) is 0 Å². The Morgan fingerprint density at radius 2 is 1.86 bits per heavy atom. The molecule has 1 unspecified atom stereocenters. The number of carbonyl (C=O) groups excluding carboxylic acids is 1. The number of nitrogens with one attached hydrogen (secondary N) is 1. The maximum Gasteiger partial charge on any atom is 0.237 e. The highest BCUT2D eigenvalue weighted by Crippen LogP contribution is 2.03. The van der Waals surface area contributed by atoms with Crippen molar-refractivity contribution in [2.24, 2.45) is 11.5 Å². The monoisotopic (exact) mass is 311 g/mol. The molecule has 0 aliphatic rings. The molecule has 1 aromatic rings. The second kappa shape index (κ2) is 11.5. The van der Waals surface area contributed by atoms with Gasteiger partial charge in [-0.2, -0.15) is 0 Å². The fraction of sp³-hybridized carbons (Fsp3) is 0.500. The van der Waals surface area contributed by atoms with Crippen LogP contribution in [0, 0.1) is 15.3 Å². The van der Waals surface area contributed by atoms with E-state index in [-0.39, 0.29) is 11.9 Å². The van der Waals surface area contributed by atoms with Crippen molar-refractivity contribution in [3.63, 3.8) is 0 Å². The fourth-order valence-corrected chi connectivity index (χ4v) is 1.84. The van der Waals surface area contributed by atoms with Crippen molar-refractivity contribution in [1.82, 2.24) is 5.32 Å². The lowest BCUT2D eigenvalue weighted by Crippen LogP contribution is -2.45. The Morgan fingerprint density at radius 1 is 1.32 bits per heavy atom. The van der Waals surface area contributed by atoms with Gasteiger partial charge in [0, 0.05) is 6.04 Å². The second-order valence-electron chi connectivity index (χ2n) is 4.86. The average molecular weight is 311 g/mol. The van der Waals surface area contributed by atoms with Gasteiger partial charge in [0.1, 0.15) is 0 Å². The van der Waals surface area contributed by atoms with Crippen LogP contribution >= 0.6 is 0 Å². The molecule has 0 heterocycles. The maximum atomic E-state index is 11.8. The molecule has 5 N–H and O–H groups in total. The SMILES string of the molecule is C[C@@H](Cc1ccccc1)NC(=O)C(N)CCCN.O=[N+]([O-])[O-]. The minimum absolute atomic E-state index is 0.0869. The number of hydrogen-bond donors (Lipinski definition) is 3. The zero-order valence-electron chi connectivity index (χ0n) is 12.6. The van der Waals surface area contributed by atoms with Crippen LogP contribution in [0.25, 0.3) is 0 Å². The van der Waals surface area contributed by atoms with Crippen molar-refractivity contribution >= 4 is 5.91 Å². The summed E-state index contributed by atoms with van der Waals surface area (Å²) in [6, 6.07) is 9.72. The highest BCUT2D eigenvalue weighted by Gasteiger charge is 2.15. The lowest BCUT2D eigenvalue weighted by Gasteiger charge is -2.17. The molecule has 0 saturated heterocycles. The van der Waals surface area contributed by atoms with Gasteiger partial charge in [-0.1, -0.05) is 30.3 Å². The van der Waals surface area contributed by atoms with Crippen LogP contribution in [-0.4, -0.2) is 29.6 Å². The predicted octanol–water partition coefficient (Wildman–Crippen LogP) is 0.561. The first-order valence-electron chi connectivity index (χ1n) is 6.98. The van der Waals surface area contributed by atoms with Crippen LogP contribution in [0.3, 0.4) is 0 Å². The molecule has 8 heteroatoms. The Morgan fingerprint density at radius 3 is 2.36 bits per heavy atom. The molecule has 1 amide bonds. The van der Waals surface area contributed by atoms with Gasteiger partial charge in [-0.3, -0.25) is 4.79 Å². The number of nitrogens with two attached hydrogens (primary N) is 2. The first-order chi connectivity index (χ1) is 10.4. The molecule has 0 aliphatic carbocycles. The molecule has 1 aromatic carbocycles. The molecular formula is C14H23N4O4-. The molecule has 22 heavy (non-hydrogen) atoms. The van der Waals surface area contributed by atoms with Gasteiger partial charge in [0.05, 0.1) is 11.1 Å². The molecule has 0 spiro atoms. The molecule has 124 valence electrons. The van der Waals surface area contributed by atoms with Crippen molar-refractivity contribution in [3.05, 3.63) is 51.2 Å². The first-order valence-corrected chi connectivity index (χ1v) is 6.98. The number of rotatable bonds is 7. The standard InChI is InChI=1S/C14H23N3O.NO3/c1-11(10-12-6-3-2-4-7-12)17-14(18)13(16)8-5-9-15;2-1(3)4/h2-4,6-7,11,13H,5,8-10,15-16H2,1H3,(H,17,18);/q;-1/t11-,13?;/m0./s1. The third kappa shape index (κ3) is 10.6. The molecule has 0 radical (unpaired) electrons. The summed E-state index contributed by atoms with van der Waals surface area (Å²) in [6.45, 7) is 2.56. The molecule has 8 nitrogen and oxygen atoms in total. The van der Waals surface area contributed by atoms with Crippen LogP contribution in [0.2, 0.25) is 0 Å². The highest BCUT2D eigenvalue weighted by molar-refractivity contribution is 5.81. The van der Waals surface area contributed by atoms with E-state index in [0.717, 1.165) is 12.8 Å². The summed E-state index contributed by atoms with van der Waals surface area (Å²) in [4.78, 5) is 20.0. The van der Waals surface area contributed by atoms with Crippen molar-refractivity contribution in [2.75, 3.05) is 6.54 Å².